The van der Waals surface area contributed by atoms with Gasteiger partial charge in [-0.15, -0.1) is 0 Å². The molecule has 0 saturated carbocycles. The zero-order valence-electron chi connectivity index (χ0n) is 11.5. The molecule has 0 heterocycles. The summed E-state index contributed by atoms with van der Waals surface area (Å²) in [6.45, 7) is 1.26. The monoisotopic (exact) mass is 267 g/mol. The Hall–Kier alpha value is -2.31. The van der Waals surface area contributed by atoms with Gasteiger partial charge in [0.05, 0.1) is 32.0 Å². The van der Waals surface area contributed by atoms with E-state index in [1.54, 1.807) is 7.11 Å². The average Bonchev–Trinajstić information content (AvgIpc) is 2.53. The molecule has 2 aromatic carbocycles. The number of nitrogens with zero attached hydrogens (tertiary/aromatic N) is 1. The third-order valence-electron chi connectivity index (χ3n) is 3.05. The van der Waals surface area contributed by atoms with Crippen LogP contribution in [0.15, 0.2) is 48.5 Å². The number of nitriles is 1. The molecule has 0 atom stereocenters. The van der Waals surface area contributed by atoms with E-state index in [2.05, 4.69) is 6.07 Å². The fraction of sp³-hybridized carbons (Fsp3) is 0.235. The summed E-state index contributed by atoms with van der Waals surface area (Å²) in [5, 5.41) is 8.72. The van der Waals surface area contributed by atoms with E-state index in [0.717, 1.165) is 17.7 Å². The van der Waals surface area contributed by atoms with Crippen molar-refractivity contribution in [1.82, 2.24) is 0 Å². The Balaban J connectivity index is 1.74. The van der Waals surface area contributed by atoms with E-state index in [9.17, 15) is 0 Å². The van der Waals surface area contributed by atoms with Crippen molar-refractivity contribution in [3.05, 3.63) is 65.2 Å². The maximum atomic E-state index is 8.72. The topological polar surface area (TPSA) is 42.2 Å². The number of rotatable bonds is 6. The number of hydrogen-bond donors (Lipinski definition) is 0. The highest BCUT2D eigenvalue weighted by Crippen LogP contribution is 2.12. The first kappa shape index (κ1) is 14.1. The van der Waals surface area contributed by atoms with Crippen LogP contribution in [0.1, 0.15) is 16.7 Å². The molecule has 0 aliphatic heterocycles. The number of methoxy groups -OCH3 is 1. The van der Waals surface area contributed by atoms with Crippen LogP contribution in [-0.2, 0) is 17.8 Å². The molecule has 2 rings (SSSR count). The molecule has 0 fully saturated rings. The Labute approximate surface area is 119 Å². The minimum Gasteiger partial charge on any atom is -0.497 e. The number of hydrogen-bond acceptors (Lipinski definition) is 3. The summed E-state index contributed by atoms with van der Waals surface area (Å²) < 4.78 is 10.8. The van der Waals surface area contributed by atoms with Crippen LogP contribution in [0.3, 0.4) is 0 Å². The second-order valence-electron chi connectivity index (χ2n) is 4.46. The van der Waals surface area contributed by atoms with Gasteiger partial charge in [0.2, 0.25) is 0 Å². The summed E-state index contributed by atoms with van der Waals surface area (Å²) >= 11 is 0. The van der Waals surface area contributed by atoms with Gasteiger partial charge in [-0.3, -0.25) is 0 Å². The molecule has 0 aliphatic rings. The fourth-order valence-electron chi connectivity index (χ4n) is 1.85. The zero-order valence-corrected chi connectivity index (χ0v) is 11.5. The minimum absolute atomic E-state index is 0.597. The minimum atomic E-state index is 0.597. The maximum absolute atomic E-state index is 8.72. The van der Waals surface area contributed by atoms with E-state index >= 15 is 0 Å². The van der Waals surface area contributed by atoms with Crippen LogP contribution in [0.4, 0.5) is 0 Å². The normalized spacial score (nSPS) is 10.0. The Morgan fingerprint density at radius 2 is 1.60 bits per heavy atom. The molecule has 0 spiro atoms. The van der Waals surface area contributed by atoms with Crippen LogP contribution in [0.5, 0.6) is 5.75 Å². The third kappa shape index (κ3) is 4.11. The van der Waals surface area contributed by atoms with Crippen LogP contribution < -0.4 is 4.74 Å². The van der Waals surface area contributed by atoms with Gasteiger partial charge >= 0.3 is 0 Å². The summed E-state index contributed by atoms with van der Waals surface area (Å²) in [7, 11) is 1.66. The summed E-state index contributed by atoms with van der Waals surface area (Å²) in [6, 6.07) is 17.6. The molecule has 0 radical (unpaired) electrons. The van der Waals surface area contributed by atoms with Crippen molar-refractivity contribution in [2.75, 3.05) is 13.7 Å². The van der Waals surface area contributed by atoms with Crippen LogP contribution in [0, 0.1) is 11.3 Å². The van der Waals surface area contributed by atoms with Crippen LogP contribution >= 0.6 is 0 Å². The van der Waals surface area contributed by atoms with Gasteiger partial charge in [-0.1, -0.05) is 24.3 Å². The quantitative estimate of drug-likeness (QED) is 0.754. The molecule has 3 heteroatoms. The Bertz CT molecular complexity index is 567. The first-order valence-electron chi connectivity index (χ1n) is 6.51. The molecule has 0 aromatic heterocycles. The standard InChI is InChI=1S/C17H17NO2/c1-19-17-8-6-16(7-9-17)13-20-11-10-14-2-4-15(12-18)5-3-14/h2-9H,10-11,13H2,1H3. The lowest BCUT2D eigenvalue weighted by atomic mass is 10.1. The molecule has 0 N–H and O–H groups in total. The van der Waals surface area contributed by atoms with E-state index in [1.807, 2.05) is 48.5 Å². The first-order chi connectivity index (χ1) is 9.81. The van der Waals surface area contributed by atoms with Gasteiger partial charge in [0, 0.05) is 0 Å². The van der Waals surface area contributed by atoms with E-state index in [0.29, 0.717) is 18.8 Å². The van der Waals surface area contributed by atoms with Crippen molar-refractivity contribution in [3.63, 3.8) is 0 Å². The molecule has 2 aromatic rings. The summed E-state index contributed by atoms with van der Waals surface area (Å²) in [5.74, 6) is 0.853. The van der Waals surface area contributed by atoms with Crippen LogP contribution in [0.25, 0.3) is 0 Å². The lowest BCUT2D eigenvalue weighted by Crippen LogP contribution is -1.99. The fourth-order valence-corrected chi connectivity index (χ4v) is 1.85. The molecular formula is C17H17NO2. The summed E-state index contributed by atoms with van der Waals surface area (Å²) in [6.07, 6.45) is 0.849. The highest BCUT2D eigenvalue weighted by molar-refractivity contribution is 5.31. The third-order valence-corrected chi connectivity index (χ3v) is 3.05. The van der Waals surface area contributed by atoms with E-state index in [1.165, 1.54) is 5.56 Å². The average molecular weight is 267 g/mol. The van der Waals surface area contributed by atoms with Crippen molar-refractivity contribution in [3.8, 4) is 11.8 Å². The first-order valence-corrected chi connectivity index (χ1v) is 6.51. The molecule has 0 saturated heterocycles. The largest absolute Gasteiger partial charge is 0.497 e. The second-order valence-corrected chi connectivity index (χ2v) is 4.46. The van der Waals surface area contributed by atoms with Crippen molar-refractivity contribution in [1.29, 1.82) is 5.26 Å². The second kappa shape index (κ2) is 7.32. The predicted octanol–water partition coefficient (Wildman–Crippen LogP) is 3.33. The molecule has 102 valence electrons. The smallest absolute Gasteiger partial charge is 0.118 e. The van der Waals surface area contributed by atoms with Gasteiger partial charge in [0.15, 0.2) is 0 Å². The van der Waals surface area contributed by atoms with Gasteiger partial charge in [-0.2, -0.15) is 5.26 Å². The van der Waals surface area contributed by atoms with E-state index < -0.39 is 0 Å². The van der Waals surface area contributed by atoms with Gasteiger partial charge < -0.3 is 9.47 Å². The maximum Gasteiger partial charge on any atom is 0.118 e. The Kier molecular flexibility index (Phi) is 5.16. The SMILES string of the molecule is COc1ccc(COCCc2ccc(C#N)cc2)cc1. The van der Waals surface area contributed by atoms with Crippen LogP contribution in [-0.4, -0.2) is 13.7 Å². The number of benzene rings is 2. The van der Waals surface area contributed by atoms with Crippen molar-refractivity contribution in [2.24, 2.45) is 0 Å². The zero-order chi connectivity index (χ0) is 14.2. The van der Waals surface area contributed by atoms with E-state index in [-0.39, 0.29) is 0 Å². The molecule has 3 nitrogen and oxygen atoms in total. The van der Waals surface area contributed by atoms with Gasteiger partial charge in [0.25, 0.3) is 0 Å². The molecule has 0 bridgehead atoms. The van der Waals surface area contributed by atoms with Gasteiger partial charge in [0.1, 0.15) is 5.75 Å². The lowest BCUT2D eigenvalue weighted by molar-refractivity contribution is 0.124. The summed E-state index contributed by atoms with van der Waals surface area (Å²) in [5.41, 5.74) is 3.00. The predicted molar refractivity (Wildman–Crippen MR) is 77.5 cm³/mol. The molecule has 0 unspecified atom stereocenters. The Morgan fingerprint density at radius 1 is 0.950 bits per heavy atom. The van der Waals surface area contributed by atoms with Crippen molar-refractivity contribution in [2.45, 2.75) is 13.0 Å². The van der Waals surface area contributed by atoms with Gasteiger partial charge in [-0.05, 0) is 41.8 Å². The lowest BCUT2D eigenvalue weighted by Gasteiger charge is -2.06. The van der Waals surface area contributed by atoms with Crippen molar-refractivity contribution < 1.29 is 9.47 Å². The van der Waals surface area contributed by atoms with Crippen LogP contribution in [0.2, 0.25) is 0 Å². The highest BCUT2D eigenvalue weighted by Gasteiger charge is 1.97. The molecule has 20 heavy (non-hydrogen) atoms. The van der Waals surface area contributed by atoms with Crippen molar-refractivity contribution >= 4 is 0 Å². The molecule has 0 amide bonds. The molecule has 0 aliphatic carbocycles. The van der Waals surface area contributed by atoms with Gasteiger partial charge in [-0.25, -0.2) is 0 Å². The highest BCUT2D eigenvalue weighted by atomic mass is 16.5. The van der Waals surface area contributed by atoms with E-state index in [4.69, 9.17) is 14.7 Å². The Morgan fingerprint density at radius 3 is 2.20 bits per heavy atom. The summed E-state index contributed by atoms with van der Waals surface area (Å²) in [4.78, 5) is 0. The number of ether oxygens (including phenoxy) is 2. The molecular weight excluding hydrogens is 250 g/mol.